The maximum Gasteiger partial charge on any atom is 0.214 e. The number of anilines is 1. The van der Waals surface area contributed by atoms with Crippen LogP contribution < -0.4 is 10.2 Å². The largest absolute Gasteiger partial charge is 0.481 e. The van der Waals surface area contributed by atoms with Crippen LogP contribution in [0.2, 0.25) is 0 Å². The Morgan fingerprint density at radius 2 is 2.23 bits per heavy atom. The summed E-state index contributed by atoms with van der Waals surface area (Å²) in [6.07, 6.45) is 0. The summed E-state index contributed by atoms with van der Waals surface area (Å²) in [5.41, 5.74) is 3.76. The minimum atomic E-state index is 0.578. The second-order valence-corrected chi connectivity index (χ2v) is 2.74. The van der Waals surface area contributed by atoms with Gasteiger partial charge in [-0.1, -0.05) is 6.07 Å². The summed E-state index contributed by atoms with van der Waals surface area (Å²) in [7, 11) is 1.58. The third-order valence-corrected chi connectivity index (χ3v) is 1.33. The van der Waals surface area contributed by atoms with Gasteiger partial charge in [-0.05, 0) is 19.9 Å². The average molecular weight is 179 g/mol. The summed E-state index contributed by atoms with van der Waals surface area (Å²) < 4.78 is 4.96. The monoisotopic (exact) mass is 179 g/mol. The zero-order valence-electron chi connectivity index (χ0n) is 8.03. The maximum absolute atomic E-state index is 4.96. The van der Waals surface area contributed by atoms with Crippen LogP contribution in [0.25, 0.3) is 0 Å². The van der Waals surface area contributed by atoms with Gasteiger partial charge in [-0.25, -0.2) is 0 Å². The number of rotatable bonds is 3. The molecule has 1 aromatic heterocycles. The molecule has 0 amide bonds. The lowest BCUT2D eigenvalue weighted by Gasteiger charge is -2.02. The first kappa shape index (κ1) is 9.51. The highest BCUT2D eigenvalue weighted by atomic mass is 16.5. The molecule has 1 aromatic rings. The van der Waals surface area contributed by atoms with Gasteiger partial charge in [0.1, 0.15) is 5.82 Å². The molecule has 0 bridgehead atoms. The number of hydrogen-bond donors (Lipinski definition) is 1. The van der Waals surface area contributed by atoms with Crippen molar-refractivity contribution in [1.82, 2.24) is 4.98 Å². The van der Waals surface area contributed by atoms with E-state index in [0.29, 0.717) is 11.7 Å². The van der Waals surface area contributed by atoms with Gasteiger partial charge in [-0.2, -0.15) is 10.1 Å². The van der Waals surface area contributed by atoms with Gasteiger partial charge in [0.2, 0.25) is 5.88 Å². The third-order valence-electron chi connectivity index (χ3n) is 1.33. The van der Waals surface area contributed by atoms with Crippen LogP contribution in [-0.4, -0.2) is 17.8 Å². The number of pyridine rings is 1. The van der Waals surface area contributed by atoms with Gasteiger partial charge in [0.15, 0.2) is 0 Å². The second-order valence-electron chi connectivity index (χ2n) is 2.74. The average Bonchev–Trinajstić information content (AvgIpc) is 2.15. The fourth-order valence-corrected chi connectivity index (χ4v) is 0.760. The van der Waals surface area contributed by atoms with Gasteiger partial charge < -0.3 is 4.74 Å². The third kappa shape index (κ3) is 3.11. The van der Waals surface area contributed by atoms with Crippen molar-refractivity contribution in [3.63, 3.8) is 0 Å². The summed E-state index contributed by atoms with van der Waals surface area (Å²) in [5.74, 6) is 1.26. The zero-order chi connectivity index (χ0) is 9.68. The van der Waals surface area contributed by atoms with Crippen molar-refractivity contribution in [2.75, 3.05) is 12.5 Å². The van der Waals surface area contributed by atoms with Crippen LogP contribution in [-0.2, 0) is 0 Å². The molecule has 1 heterocycles. The molecule has 4 heteroatoms. The van der Waals surface area contributed by atoms with Gasteiger partial charge >= 0.3 is 0 Å². The molecule has 0 aliphatic heterocycles. The van der Waals surface area contributed by atoms with E-state index in [1.807, 2.05) is 26.0 Å². The highest BCUT2D eigenvalue weighted by Gasteiger charge is 1.94. The fourth-order valence-electron chi connectivity index (χ4n) is 0.760. The smallest absolute Gasteiger partial charge is 0.214 e. The van der Waals surface area contributed by atoms with Crippen LogP contribution in [0.3, 0.4) is 0 Å². The van der Waals surface area contributed by atoms with E-state index in [-0.39, 0.29) is 0 Å². The molecular formula is C9H13N3O. The Bertz CT molecular complexity index is 305. The van der Waals surface area contributed by atoms with E-state index in [4.69, 9.17) is 4.74 Å². The van der Waals surface area contributed by atoms with E-state index in [2.05, 4.69) is 15.5 Å². The number of methoxy groups -OCH3 is 1. The Kier molecular flexibility index (Phi) is 3.25. The van der Waals surface area contributed by atoms with Crippen molar-refractivity contribution in [2.24, 2.45) is 5.10 Å². The molecular weight excluding hydrogens is 166 g/mol. The molecule has 0 radical (unpaired) electrons. The van der Waals surface area contributed by atoms with Crippen molar-refractivity contribution >= 4 is 11.5 Å². The molecule has 70 valence electrons. The standard InChI is InChI=1S/C9H13N3O/c1-7(2)11-12-8-5-4-6-9(10-8)13-3/h4-6H,1-3H3,(H,10,12). The molecule has 1 rings (SSSR count). The molecule has 0 aliphatic carbocycles. The molecule has 0 fully saturated rings. The van der Waals surface area contributed by atoms with Gasteiger partial charge in [0.25, 0.3) is 0 Å². The van der Waals surface area contributed by atoms with Gasteiger partial charge in [0.05, 0.1) is 7.11 Å². The predicted octanol–water partition coefficient (Wildman–Crippen LogP) is 1.90. The van der Waals surface area contributed by atoms with Crippen LogP contribution in [0.15, 0.2) is 23.3 Å². The summed E-state index contributed by atoms with van der Waals surface area (Å²) in [6, 6.07) is 5.47. The highest BCUT2D eigenvalue weighted by molar-refractivity contribution is 5.79. The Balaban J connectivity index is 2.72. The Morgan fingerprint density at radius 3 is 2.85 bits per heavy atom. The van der Waals surface area contributed by atoms with Crippen LogP contribution in [0, 0.1) is 0 Å². The van der Waals surface area contributed by atoms with Crippen LogP contribution in [0.5, 0.6) is 5.88 Å². The molecule has 0 atom stereocenters. The first-order chi connectivity index (χ1) is 6.22. The molecule has 0 saturated heterocycles. The lowest BCUT2D eigenvalue weighted by molar-refractivity contribution is 0.398. The minimum Gasteiger partial charge on any atom is -0.481 e. The second kappa shape index (κ2) is 4.45. The maximum atomic E-state index is 4.96. The zero-order valence-corrected chi connectivity index (χ0v) is 8.03. The lowest BCUT2D eigenvalue weighted by Crippen LogP contribution is -1.96. The molecule has 0 aliphatic rings. The number of ether oxygens (including phenoxy) is 1. The first-order valence-corrected chi connectivity index (χ1v) is 4.00. The summed E-state index contributed by atoms with van der Waals surface area (Å²) >= 11 is 0. The summed E-state index contributed by atoms with van der Waals surface area (Å²) in [5, 5.41) is 4.02. The molecule has 0 aromatic carbocycles. The normalized spacial score (nSPS) is 9.15. The molecule has 4 nitrogen and oxygen atoms in total. The highest BCUT2D eigenvalue weighted by Crippen LogP contribution is 2.10. The van der Waals surface area contributed by atoms with Gasteiger partial charge in [0, 0.05) is 11.8 Å². The summed E-state index contributed by atoms with van der Waals surface area (Å²) in [6.45, 7) is 3.82. The van der Waals surface area contributed by atoms with Crippen molar-refractivity contribution in [3.8, 4) is 5.88 Å². The molecule has 0 spiro atoms. The van der Waals surface area contributed by atoms with Gasteiger partial charge in [-0.15, -0.1) is 0 Å². The minimum absolute atomic E-state index is 0.578. The van der Waals surface area contributed by atoms with Crippen molar-refractivity contribution in [2.45, 2.75) is 13.8 Å². The van der Waals surface area contributed by atoms with Gasteiger partial charge in [-0.3, -0.25) is 5.43 Å². The SMILES string of the molecule is COc1cccc(NN=C(C)C)n1. The number of nitrogens with one attached hydrogen (secondary N) is 1. The lowest BCUT2D eigenvalue weighted by atomic mass is 10.4. The number of nitrogens with zero attached hydrogens (tertiary/aromatic N) is 2. The van der Waals surface area contributed by atoms with Crippen molar-refractivity contribution in [1.29, 1.82) is 0 Å². The fraction of sp³-hybridized carbons (Fsp3) is 0.333. The Hall–Kier alpha value is -1.58. The first-order valence-electron chi connectivity index (χ1n) is 4.00. The Labute approximate surface area is 77.6 Å². The quantitative estimate of drug-likeness (QED) is 0.569. The topological polar surface area (TPSA) is 46.5 Å². The van der Waals surface area contributed by atoms with E-state index in [9.17, 15) is 0 Å². The van der Waals surface area contributed by atoms with Crippen molar-refractivity contribution in [3.05, 3.63) is 18.2 Å². The number of hydrazone groups is 1. The van der Waals surface area contributed by atoms with E-state index in [0.717, 1.165) is 5.71 Å². The van der Waals surface area contributed by atoms with Crippen LogP contribution in [0.4, 0.5) is 5.82 Å². The van der Waals surface area contributed by atoms with E-state index in [1.165, 1.54) is 0 Å². The van der Waals surface area contributed by atoms with E-state index in [1.54, 1.807) is 13.2 Å². The van der Waals surface area contributed by atoms with E-state index >= 15 is 0 Å². The molecule has 0 saturated carbocycles. The predicted molar refractivity (Wildman–Crippen MR) is 53.2 cm³/mol. The van der Waals surface area contributed by atoms with Crippen LogP contribution in [0.1, 0.15) is 13.8 Å². The van der Waals surface area contributed by atoms with Crippen molar-refractivity contribution < 1.29 is 4.74 Å². The van der Waals surface area contributed by atoms with Crippen LogP contribution >= 0.6 is 0 Å². The summed E-state index contributed by atoms with van der Waals surface area (Å²) in [4.78, 5) is 4.12. The van der Waals surface area contributed by atoms with E-state index < -0.39 is 0 Å². The molecule has 1 N–H and O–H groups in total. The number of hydrogen-bond acceptors (Lipinski definition) is 4. The molecule has 13 heavy (non-hydrogen) atoms. The Morgan fingerprint density at radius 1 is 1.46 bits per heavy atom. The molecule has 0 unspecified atom stereocenters. The number of aromatic nitrogens is 1.